The Kier molecular flexibility index (Phi) is 3.33. The first-order valence-electron chi connectivity index (χ1n) is 6.99. The molecule has 0 aromatic carbocycles. The summed E-state index contributed by atoms with van der Waals surface area (Å²) in [5, 5.41) is 9.19. The number of carbonyl (C=O) groups is 1. The summed E-state index contributed by atoms with van der Waals surface area (Å²) < 4.78 is 10.9. The lowest BCUT2D eigenvalue weighted by Crippen LogP contribution is -2.34. The van der Waals surface area contributed by atoms with Crippen molar-refractivity contribution in [1.29, 1.82) is 0 Å². The lowest BCUT2D eigenvalue weighted by atomic mass is 9.71. The number of ether oxygens (including phenoxy) is 2. The Balaban J connectivity index is 2.15. The van der Waals surface area contributed by atoms with Crippen LogP contribution in [0.5, 0.6) is 0 Å². The molecule has 4 heteroatoms. The molecule has 0 fully saturated rings. The molecule has 2 unspecified atom stereocenters. The Hall–Kier alpha value is -2.07. The number of hydrogen-bond donors (Lipinski definition) is 1. The number of rotatable bonds is 1. The molecule has 2 aliphatic carbocycles. The highest BCUT2D eigenvalue weighted by molar-refractivity contribution is 5.71. The van der Waals surface area contributed by atoms with Gasteiger partial charge in [-0.15, -0.1) is 0 Å². The summed E-state index contributed by atoms with van der Waals surface area (Å²) in [6.45, 7) is 4.35. The van der Waals surface area contributed by atoms with Gasteiger partial charge in [0.25, 0.3) is 6.29 Å². The van der Waals surface area contributed by atoms with Crippen LogP contribution in [0.1, 0.15) is 20.3 Å². The molecule has 4 nitrogen and oxygen atoms in total. The molecule has 3 rings (SSSR count). The monoisotopic (exact) mass is 286 g/mol. The van der Waals surface area contributed by atoms with Gasteiger partial charge in [0.15, 0.2) is 0 Å². The number of carboxylic acid groups (broad SMARTS) is 1. The Bertz CT molecular complexity index is 617. The zero-order valence-electron chi connectivity index (χ0n) is 12.1. The summed E-state index contributed by atoms with van der Waals surface area (Å²) in [6, 6.07) is 0. The molecule has 0 saturated heterocycles. The summed E-state index contributed by atoms with van der Waals surface area (Å²) in [6.07, 6.45) is 12.5. The van der Waals surface area contributed by atoms with Crippen molar-refractivity contribution in [3.8, 4) is 0 Å². The van der Waals surface area contributed by atoms with Crippen LogP contribution in [-0.4, -0.2) is 23.5 Å². The van der Waals surface area contributed by atoms with E-state index in [2.05, 4.69) is 19.9 Å². The number of hydrogen-bond acceptors (Lipinski definition) is 3. The van der Waals surface area contributed by atoms with Crippen molar-refractivity contribution < 1.29 is 19.4 Å². The largest absolute Gasteiger partial charge is 0.477 e. The molecule has 1 aliphatic heterocycles. The molecule has 1 N–H and O–H groups in total. The van der Waals surface area contributed by atoms with E-state index in [-0.39, 0.29) is 5.41 Å². The molecule has 2 atom stereocenters. The topological polar surface area (TPSA) is 55.8 Å². The van der Waals surface area contributed by atoms with Crippen molar-refractivity contribution in [1.82, 2.24) is 0 Å². The average molecular weight is 286 g/mol. The maximum Gasteiger partial charge on any atom is 0.373 e. The highest BCUT2D eigenvalue weighted by Gasteiger charge is 2.35. The van der Waals surface area contributed by atoms with Gasteiger partial charge in [-0.1, -0.05) is 50.3 Å². The van der Waals surface area contributed by atoms with Crippen molar-refractivity contribution in [3.63, 3.8) is 0 Å². The van der Waals surface area contributed by atoms with Crippen molar-refractivity contribution in [3.05, 3.63) is 59.4 Å². The first-order valence-corrected chi connectivity index (χ1v) is 6.99. The summed E-state index contributed by atoms with van der Waals surface area (Å²) in [5.74, 6) is -1.13. The van der Waals surface area contributed by atoms with Crippen LogP contribution in [-0.2, 0) is 14.3 Å². The van der Waals surface area contributed by atoms with Crippen LogP contribution in [0.15, 0.2) is 59.4 Å². The second kappa shape index (κ2) is 5.04. The quantitative estimate of drug-likeness (QED) is 0.804. The van der Waals surface area contributed by atoms with E-state index in [4.69, 9.17) is 9.47 Å². The standard InChI is InChI=1S/C17H18O4/c1-17(2)9-5-6-11-10-20-16(15(18)19)21-13-8-4-3-7-12(13)14(11)17/h3-8,10,13,16H,9H2,1-2H3,(H,18,19). The highest BCUT2D eigenvalue weighted by atomic mass is 16.7. The van der Waals surface area contributed by atoms with Gasteiger partial charge in [-0.05, 0) is 23.0 Å². The van der Waals surface area contributed by atoms with Gasteiger partial charge < -0.3 is 14.6 Å². The number of fused-ring (bicyclic) bond motifs is 2. The van der Waals surface area contributed by atoms with Crippen LogP contribution in [0.3, 0.4) is 0 Å². The van der Waals surface area contributed by atoms with Crippen LogP contribution in [0.4, 0.5) is 0 Å². The van der Waals surface area contributed by atoms with Gasteiger partial charge in [0.1, 0.15) is 6.10 Å². The predicted octanol–water partition coefficient (Wildman–Crippen LogP) is 3.11. The molecule has 0 bridgehead atoms. The molecule has 0 aromatic rings. The van der Waals surface area contributed by atoms with Crippen molar-refractivity contribution in [2.45, 2.75) is 32.7 Å². The summed E-state index contributed by atoms with van der Waals surface area (Å²) in [5.41, 5.74) is 3.03. The smallest absolute Gasteiger partial charge is 0.373 e. The number of carboxylic acids is 1. The van der Waals surface area contributed by atoms with Crippen LogP contribution in [0.25, 0.3) is 0 Å². The average Bonchev–Trinajstić information content (AvgIpc) is 2.40. The van der Waals surface area contributed by atoms with E-state index in [1.807, 2.05) is 30.4 Å². The fourth-order valence-corrected chi connectivity index (χ4v) is 3.00. The predicted molar refractivity (Wildman–Crippen MR) is 78.3 cm³/mol. The Morgan fingerprint density at radius 2 is 2.14 bits per heavy atom. The van der Waals surface area contributed by atoms with Gasteiger partial charge in [0.05, 0.1) is 6.26 Å². The SMILES string of the molecule is CC1(C)CC=CC2=COC(C(=O)O)OC3C=CC=CC3=C21. The number of aliphatic carboxylic acids is 1. The van der Waals surface area contributed by atoms with Crippen LogP contribution in [0.2, 0.25) is 0 Å². The first kappa shape index (κ1) is 13.9. The van der Waals surface area contributed by atoms with E-state index < -0.39 is 18.4 Å². The van der Waals surface area contributed by atoms with E-state index in [1.165, 1.54) is 6.26 Å². The normalized spacial score (nSPS) is 29.7. The second-order valence-corrected chi connectivity index (χ2v) is 6.00. The molecule has 0 radical (unpaired) electrons. The summed E-state index contributed by atoms with van der Waals surface area (Å²) in [7, 11) is 0. The van der Waals surface area contributed by atoms with Crippen molar-refractivity contribution in [2.24, 2.45) is 5.41 Å². The molecular formula is C17H18O4. The fourth-order valence-electron chi connectivity index (χ4n) is 3.00. The second-order valence-electron chi connectivity index (χ2n) is 6.00. The minimum atomic E-state index is -1.30. The molecule has 1 heterocycles. The molecular weight excluding hydrogens is 268 g/mol. The maximum absolute atomic E-state index is 11.2. The van der Waals surface area contributed by atoms with Crippen LogP contribution >= 0.6 is 0 Å². The zero-order chi connectivity index (χ0) is 15.0. The molecule has 0 aromatic heterocycles. The molecule has 0 saturated carbocycles. The number of allylic oxidation sites excluding steroid dienone is 6. The lowest BCUT2D eigenvalue weighted by Gasteiger charge is -2.37. The molecule has 0 spiro atoms. The minimum Gasteiger partial charge on any atom is -0.477 e. The lowest BCUT2D eigenvalue weighted by molar-refractivity contribution is -0.181. The first-order chi connectivity index (χ1) is 9.99. The highest BCUT2D eigenvalue weighted by Crippen LogP contribution is 2.44. The third-order valence-electron chi connectivity index (χ3n) is 3.95. The van der Waals surface area contributed by atoms with Crippen molar-refractivity contribution in [2.75, 3.05) is 0 Å². The molecule has 110 valence electrons. The summed E-state index contributed by atoms with van der Waals surface area (Å²) >= 11 is 0. The van der Waals surface area contributed by atoms with Gasteiger partial charge in [0.2, 0.25) is 0 Å². The Labute approximate surface area is 123 Å². The third kappa shape index (κ3) is 2.47. The fraction of sp³-hybridized carbons (Fsp3) is 0.353. The minimum absolute atomic E-state index is 0.0491. The zero-order valence-corrected chi connectivity index (χ0v) is 12.1. The van der Waals surface area contributed by atoms with Gasteiger partial charge >= 0.3 is 5.97 Å². The van der Waals surface area contributed by atoms with E-state index in [1.54, 1.807) is 0 Å². The molecule has 21 heavy (non-hydrogen) atoms. The van der Waals surface area contributed by atoms with Crippen molar-refractivity contribution >= 4 is 5.97 Å². The van der Waals surface area contributed by atoms with E-state index in [9.17, 15) is 9.90 Å². The third-order valence-corrected chi connectivity index (χ3v) is 3.95. The summed E-state index contributed by atoms with van der Waals surface area (Å²) in [4.78, 5) is 11.2. The van der Waals surface area contributed by atoms with Gasteiger partial charge in [-0.25, -0.2) is 4.79 Å². The molecule has 3 aliphatic rings. The van der Waals surface area contributed by atoms with Crippen LogP contribution < -0.4 is 0 Å². The van der Waals surface area contributed by atoms with E-state index >= 15 is 0 Å². The van der Waals surface area contributed by atoms with Gasteiger partial charge in [0, 0.05) is 5.57 Å². The Morgan fingerprint density at radius 3 is 2.90 bits per heavy atom. The Morgan fingerprint density at radius 1 is 1.33 bits per heavy atom. The van der Waals surface area contributed by atoms with Gasteiger partial charge in [-0.3, -0.25) is 0 Å². The molecule has 0 amide bonds. The van der Waals surface area contributed by atoms with E-state index in [0.29, 0.717) is 0 Å². The van der Waals surface area contributed by atoms with Gasteiger partial charge in [-0.2, -0.15) is 0 Å². The van der Waals surface area contributed by atoms with E-state index in [0.717, 1.165) is 23.1 Å². The van der Waals surface area contributed by atoms with Crippen LogP contribution in [0, 0.1) is 5.41 Å². The maximum atomic E-state index is 11.2.